The van der Waals surface area contributed by atoms with Gasteiger partial charge in [-0.1, -0.05) is 6.07 Å². The van der Waals surface area contributed by atoms with Gasteiger partial charge >= 0.3 is 5.97 Å². The summed E-state index contributed by atoms with van der Waals surface area (Å²) in [4.78, 5) is 12.9. The minimum absolute atomic E-state index is 0.0203. The quantitative estimate of drug-likeness (QED) is 0.885. The summed E-state index contributed by atoms with van der Waals surface area (Å²) in [6, 6.07) is 4.27. The number of rotatable bonds is 4. The van der Waals surface area contributed by atoms with Crippen LogP contribution in [0.25, 0.3) is 0 Å². The molecule has 4 nitrogen and oxygen atoms in total. The lowest BCUT2D eigenvalue weighted by Gasteiger charge is -2.34. The smallest absolute Gasteiger partial charge is 0.304 e. The molecule has 104 valence electrons. The van der Waals surface area contributed by atoms with Gasteiger partial charge in [0, 0.05) is 30.6 Å². The highest BCUT2D eigenvalue weighted by molar-refractivity contribution is 7.99. The van der Waals surface area contributed by atoms with Crippen LogP contribution in [0.15, 0.2) is 18.2 Å². The van der Waals surface area contributed by atoms with Crippen molar-refractivity contribution in [2.45, 2.75) is 19.0 Å². The molecule has 1 fully saturated rings. The van der Waals surface area contributed by atoms with Crippen LogP contribution in [0.1, 0.15) is 12.0 Å². The number of carboxylic acids is 1. The van der Waals surface area contributed by atoms with E-state index < -0.39 is 11.8 Å². The first-order valence-corrected chi connectivity index (χ1v) is 7.22. The first kappa shape index (κ1) is 14.1. The van der Waals surface area contributed by atoms with Gasteiger partial charge in [0.2, 0.25) is 0 Å². The Morgan fingerprint density at radius 3 is 3.00 bits per heavy atom. The fourth-order valence-electron chi connectivity index (χ4n) is 2.17. The second-order valence-electron chi connectivity index (χ2n) is 4.58. The molecule has 0 bridgehead atoms. The van der Waals surface area contributed by atoms with Crippen LogP contribution < -0.4 is 0 Å². The van der Waals surface area contributed by atoms with Crippen molar-refractivity contribution in [3.05, 3.63) is 29.6 Å². The zero-order valence-corrected chi connectivity index (χ0v) is 11.2. The van der Waals surface area contributed by atoms with E-state index in [1.54, 1.807) is 17.8 Å². The van der Waals surface area contributed by atoms with Gasteiger partial charge in [-0.15, -0.1) is 0 Å². The third-order valence-corrected chi connectivity index (χ3v) is 4.25. The van der Waals surface area contributed by atoms with Gasteiger partial charge in [0.05, 0.1) is 6.42 Å². The lowest BCUT2D eigenvalue weighted by Crippen LogP contribution is -2.42. The molecule has 0 aliphatic carbocycles. The maximum absolute atomic E-state index is 13.3. The van der Waals surface area contributed by atoms with Crippen LogP contribution >= 0.6 is 11.8 Å². The van der Waals surface area contributed by atoms with Gasteiger partial charge < -0.3 is 10.2 Å². The average molecular weight is 285 g/mol. The van der Waals surface area contributed by atoms with Gasteiger partial charge in [-0.05, 0) is 17.7 Å². The molecule has 1 heterocycles. The molecule has 1 aromatic rings. The molecule has 19 heavy (non-hydrogen) atoms. The molecule has 0 saturated carbocycles. The van der Waals surface area contributed by atoms with E-state index in [1.165, 1.54) is 12.1 Å². The van der Waals surface area contributed by atoms with Crippen molar-refractivity contribution >= 4 is 17.7 Å². The van der Waals surface area contributed by atoms with E-state index in [1.807, 2.05) is 0 Å². The average Bonchev–Trinajstić information content (AvgIpc) is 2.36. The number of carboxylic acid groups (broad SMARTS) is 1. The SMILES string of the molecule is O=C(O)CC1CSCCN1Cc1ccc(O)c(F)c1. The Labute approximate surface area is 115 Å². The first-order chi connectivity index (χ1) is 9.06. The number of phenols is 1. The molecule has 2 N–H and O–H groups in total. The summed E-state index contributed by atoms with van der Waals surface area (Å²) in [7, 11) is 0. The van der Waals surface area contributed by atoms with E-state index in [0.29, 0.717) is 6.54 Å². The highest BCUT2D eigenvalue weighted by Gasteiger charge is 2.25. The number of thioether (sulfide) groups is 1. The Morgan fingerprint density at radius 2 is 2.32 bits per heavy atom. The molecule has 1 aliphatic rings. The number of halogens is 1. The lowest BCUT2D eigenvalue weighted by atomic mass is 10.1. The molecule has 0 radical (unpaired) electrons. The summed E-state index contributed by atoms with van der Waals surface area (Å²) < 4.78 is 13.3. The predicted octanol–water partition coefficient (Wildman–Crippen LogP) is 1.92. The predicted molar refractivity (Wildman–Crippen MR) is 71.8 cm³/mol. The van der Waals surface area contributed by atoms with E-state index in [-0.39, 0.29) is 18.2 Å². The number of hydrogen-bond donors (Lipinski definition) is 2. The fraction of sp³-hybridized carbons (Fsp3) is 0.462. The Hall–Kier alpha value is -1.27. The van der Waals surface area contributed by atoms with Gasteiger partial charge in [0.25, 0.3) is 0 Å². The highest BCUT2D eigenvalue weighted by Crippen LogP contribution is 2.23. The van der Waals surface area contributed by atoms with Crippen molar-refractivity contribution in [2.24, 2.45) is 0 Å². The van der Waals surface area contributed by atoms with E-state index >= 15 is 0 Å². The van der Waals surface area contributed by atoms with Crippen molar-refractivity contribution < 1.29 is 19.4 Å². The van der Waals surface area contributed by atoms with Crippen LogP contribution in [0.2, 0.25) is 0 Å². The summed E-state index contributed by atoms with van der Waals surface area (Å²) in [5.74, 6) is -0.0723. The molecule has 6 heteroatoms. The van der Waals surface area contributed by atoms with Crippen molar-refractivity contribution in [3.8, 4) is 5.75 Å². The lowest BCUT2D eigenvalue weighted by molar-refractivity contribution is -0.138. The molecule has 1 unspecified atom stereocenters. The number of phenolic OH excluding ortho intramolecular Hbond substituents is 1. The molecule has 1 saturated heterocycles. The molecule has 1 aliphatic heterocycles. The second-order valence-corrected chi connectivity index (χ2v) is 5.73. The Balaban J connectivity index is 2.06. The summed E-state index contributed by atoms with van der Waals surface area (Å²) in [6.07, 6.45) is 0.105. The zero-order chi connectivity index (χ0) is 13.8. The fourth-order valence-corrected chi connectivity index (χ4v) is 3.30. The maximum atomic E-state index is 13.3. The topological polar surface area (TPSA) is 60.8 Å². The minimum atomic E-state index is -0.811. The number of aliphatic carboxylic acids is 1. The molecule has 1 aromatic carbocycles. The summed E-state index contributed by atoms with van der Waals surface area (Å²) in [5, 5.41) is 18.1. The van der Waals surface area contributed by atoms with Gasteiger partial charge in [-0.2, -0.15) is 11.8 Å². The minimum Gasteiger partial charge on any atom is -0.505 e. The van der Waals surface area contributed by atoms with Gasteiger partial charge in [0.1, 0.15) is 0 Å². The van der Waals surface area contributed by atoms with Crippen LogP contribution in [0, 0.1) is 5.82 Å². The number of aromatic hydroxyl groups is 1. The molecule has 2 rings (SSSR count). The van der Waals surface area contributed by atoms with E-state index in [0.717, 1.165) is 23.6 Å². The highest BCUT2D eigenvalue weighted by atomic mass is 32.2. The largest absolute Gasteiger partial charge is 0.505 e. The Morgan fingerprint density at radius 1 is 1.53 bits per heavy atom. The standard InChI is InChI=1S/C13H16FNO3S/c14-11-5-9(1-2-12(11)16)7-15-3-4-19-8-10(15)6-13(17)18/h1-2,5,10,16H,3-4,6-8H2,(H,17,18). The summed E-state index contributed by atoms with van der Waals surface area (Å²) >= 11 is 1.75. The molecule has 1 atom stereocenters. The third kappa shape index (κ3) is 3.84. The van der Waals surface area contributed by atoms with Crippen molar-refractivity contribution in [1.29, 1.82) is 0 Å². The normalized spacial score (nSPS) is 20.4. The zero-order valence-electron chi connectivity index (χ0n) is 10.4. The van der Waals surface area contributed by atoms with Crippen LogP contribution in [0.4, 0.5) is 4.39 Å². The molecule has 0 amide bonds. The van der Waals surface area contributed by atoms with Crippen molar-refractivity contribution in [1.82, 2.24) is 4.90 Å². The Bertz CT molecular complexity index is 469. The third-order valence-electron chi connectivity index (χ3n) is 3.16. The van der Waals surface area contributed by atoms with Crippen molar-refractivity contribution in [3.63, 3.8) is 0 Å². The van der Waals surface area contributed by atoms with Crippen molar-refractivity contribution in [2.75, 3.05) is 18.1 Å². The number of nitrogens with zero attached hydrogens (tertiary/aromatic N) is 1. The Kier molecular flexibility index (Phi) is 4.66. The van der Waals surface area contributed by atoms with E-state index in [9.17, 15) is 9.18 Å². The van der Waals surface area contributed by atoms with Crippen LogP contribution in [0.5, 0.6) is 5.75 Å². The maximum Gasteiger partial charge on any atom is 0.304 e. The monoisotopic (exact) mass is 285 g/mol. The van der Waals surface area contributed by atoms with Gasteiger partial charge in [-0.25, -0.2) is 4.39 Å². The van der Waals surface area contributed by atoms with E-state index in [2.05, 4.69) is 4.90 Å². The van der Waals surface area contributed by atoms with Crippen LogP contribution in [-0.2, 0) is 11.3 Å². The van der Waals surface area contributed by atoms with E-state index in [4.69, 9.17) is 10.2 Å². The molecule has 0 aromatic heterocycles. The summed E-state index contributed by atoms with van der Waals surface area (Å²) in [5.41, 5.74) is 0.748. The second kappa shape index (κ2) is 6.25. The molecular weight excluding hydrogens is 269 g/mol. The molecule has 0 spiro atoms. The first-order valence-electron chi connectivity index (χ1n) is 6.07. The van der Waals surface area contributed by atoms with Crippen LogP contribution in [0.3, 0.4) is 0 Å². The summed E-state index contributed by atoms with van der Waals surface area (Å²) in [6.45, 7) is 1.31. The van der Waals surface area contributed by atoms with Gasteiger partial charge in [-0.3, -0.25) is 9.69 Å². The van der Waals surface area contributed by atoms with Crippen LogP contribution in [-0.4, -0.2) is 45.2 Å². The van der Waals surface area contributed by atoms with Gasteiger partial charge in [0.15, 0.2) is 11.6 Å². The molecular formula is C13H16FNO3S. The number of carbonyl (C=O) groups is 1. The number of hydrogen-bond acceptors (Lipinski definition) is 4. The number of benzene rings is 1.